The standard InChI is InChI=1S/C19H28O6.C18H26O6.C17H24O6.C15H20O7/c1-6-18(2,3)17(22)25-19(4,5)9-13(20)23-14-10-7-11-12(8-10)16(21)24-15(11)14;1-6-17(2,3)15(20)24-18(4,5)16(21)23-12-9-7-10-11(8-9)14(19)22-13(10)12;1-5-17(3,4)16(20)21-8(2)14(18)22-12-9-6-10-11(7-9)15(19)23-13(10)12;1-4-15(2,3)14(18)19-6-9(16)21-11-8-5-7-10(20-8)12(11)22-13(7)17/h10-12,14-15H,6-9H2,1-5H3;9-13H,6-8H2,1-5H3;8-13H,5-7H2,1-4H3;7-8,10-12H,4-6H2,1-3H3. The Morgan fingerprint density at radius 1 is 0.426 bits per heavy atom. The minimum Gasteiger partial charge on any atom is -0.459 e. The van der Waals surface area contributed by atoms with Gasteiger partial charge in [0.1, 0.15) is 48.3 Å². The zero-order valence-electron chi connectivity index (χ0n) is 57.5. The maximum absolute atomic E-state index is 12.6. The quantitative estimate of drug-likeness (QED) is 0.0803. The van der Waals surface area contributed by atoms with Crippen LogP contribution in [0.2, 0.25) is 0 Å². The predicted molar refractivity (Wildman–Crippen MR) is 323 cm³/mol. The Labute approximate surface area is 549 Å². The summed E-state index contributed by atoms with van der Waals surface area (Å²) >= 11 is 0. The first-order valence-corrected chi connectivity index (χ1v) is 33.8. The zero-order valence-corrected chi connectivity index (χ0v) is 57.5. The maximum Gasteiger partial charge on any atom is 0.350 e. The van der Waals surface area contributed by atoms with Crippen LogP contribution in [0.3, 0.4) is 0 Å². The van der Waals surface area contributed by atoms with Crippen molar-refractivity contribution in [3.05, 3.63) is 0 Å². The van der Waals surface area contributed by atoms with Crippen LogP contribution in [0.15, 0.2) is 0 Å². The molecule has 0 radical (unpaired) electrons. The molecule has 0 aromatic heterocycles. The van der Waals surface area contributed by atoms with Crippen molar-refractivity contribution in [2.75, 3.05) is 6.61 Å². The van der Waals surface area contributed by atoms with Crippen molar-refractivity contribution < 1.29 is 119 Å². The van der Waals surface area contributed by atoms with E-state index in [9.17, 15) is 57.5 Å². The fourth-order valence-corrected chi connectivity index (χ4v) is 14.9. The van der Waals surface area contributed by atoms with Gasteiger partial charge in [-0.15, -0.1) is 0 Å². The highest BCUT2D eigenvalue weighted by atomic mass is 16.7. The lowest BCUT2D eigenvalue weighted by atomic mass is 9.88. The smallest absolute Gasteiger partial charge is 0.350 e. The first kappa shape index (κ1) is 71.9. The monoisotopic (exact) mass is 1330 g/mol. The van der Waals surface area contributed by atoms with Crippen LogP contribution in [0.1, 0.15) is 195 Å². The molecule has 524 valence electrons. The van der Waals surface area contributed by atoms with Gasteiger partial charge in [0.05, 0.1) is 57.9 Å². The number of rotatable bonds is 21. The van der Waals surface area contributed by atoms with Gasteiger partial charge in [-0.1, -0.05) is 27.7 Å². The van der Waals surface area contributed by atoms with Crippen molar-refractivity contribution >= 4 is 71.6 Å². The summed E-state index contributed by atoms with van der Waals surface area (Å²) in [5.41, 5.74) is -4.81. The van der Waals surface area contributed by atoms with Gasteiger partial charge in [-0.25, -0.2) is 14.4 Å². The van der Waals surface area contributed by atoms with Gasteiger partial charge in [0.15, 0.2) is 24.9 Å². The van der Waals surface area contributed by atoms with Crippen LogP contribution in [-0.2, 0) is 119 Å². The molecular formula is C69H98O25. The van der Waals surface area contributed by atoms with Crippen LogP contribution in [0.5, 0.6) is 0 Å². The van der Waals surface area contributed by atoms with Gasteiger partial charge < -0.3 is 61.6 Å². The Morgan fingerprint density at radius 2 is 0.819 bits per heavy atom. The molecule has 94 heavy (non-hydrogen) atoms. The summed E-state index contributed by atoms with van der Waals surface area (Å²) in [5.74, 6) is -3.73. The predicted octanol–water partition coefficient (Wildman–Crippen LogP) is 7.30. The van der Waals surface area contributed by atoms with E-state index in [4.69, 9.17) is 61.6 Å². The molecule has 0 amide bonds. The minimum atomic E-state index is -1.37. The van der Waals surface area contributed by atoms with Gasteiger partial charge in [0.25, 0.3) is 0 Å². The number of carbonyl (C=O) groups excluding carboxylic acids is 12. The van der Waals surface area contributed by atoms with Gasteiger partial charge in [-0.2, -0.15) is 0 Å². The van der Waals surface area contributed by atoms with E-state index in [0.29, 0.717) is 32.1 Å². The van der Waals surface area contributed by atoms with E-state index in [1.165, 1.54) is 20.8 Å². The number of carbonyl (C=O) groups is 12. The molecule has 25 heteroatoms. The molecule has 12 rings (SSSR count). The van der Waals surface area contributed by atoms with Crippen molar-refractivity contribution in [3.63, 3.8) is 0 Å². The van der Waals surface area contributed by atoms with E-state index in [-0.39, 0.29) is 132 Å². The van der Waals surface area contributed by atoms with E-state index in [0.717, 1.165) is 38.5 Å². The molecule has 25 nitrogen and oxygen atoms in total. The fraction of sp³-hybridized carbons (Fsp3) is 0.826. The van der Waals surface area contributed by atoms with Gasteiger partial charge in [0.2, 0.25) is 5.60 Å². The van der Waals surface area contributed by atoms with Crippen molar-refractivity contribution in [1.29, 1.82) is 0 Å². The largest absolute Gasteiger partial charge is 0.459 e. The third-order valence-corrected chi connectivity index (χ3v) is 22.5. The van der Waals surface area contributed by atoms with Gasteiger partial charge >= 0.3 is 71.6 Å². The second-order valence-corrected chi connectivity index (χ2v) is 31.6. The second-order valence-electron chi connectivity index (χ2n) is 31.6. The highest BCUT2D eigenvalue weighted by Gasteiger charge is 2.67. The molecule has 12 fully saturated rings. The summed E-state index contributed by atoms with van der Waals surface area (Å²) in [4.78, 5) is 144. The molecule has 12 aliphatic rings. The Hall–Kier alpha value is -6.40. The van der Waals surface area contributed by atoms with Gasteiger partial charge in [-0.05, 0) is 161 Å². The summed E-state index contributed by atoms with van der Waals surface area (Å²) < 4.78 is 70.3. The molecule has 0 N–H and O–H groups in total. The van der Waals surface area contributed by atoms with Crippen molar-refractivity contribution in [2.24, 2.45) is 80.8 Å². The first-order chi connectivity index (χ1) is 43.7. The number of hydrogen-bond donors (Lipinski definition) is 0. The van der Waals surface area contributed by atoms with Crippen LogP contribution in [-0.4, -0.2) is 157 Å². The minimum absolute atomic E-state index is 0.00127. The third-order valence-electron chi connectivity index (χ3n) is 22.5. The Bertz CT molecular complexity index is 3010. The van der Waals surface area contributed by atoms with Crippen LogP contribution >= 0.6 is 0 Å². The molecule has 6 aliphatic heterocycles. The fourth-order valence-electron chi connectivity index (χ4n) is 14.9. The summed E-state index contributed by atoms with van der Waals surface area (Å²) in [6.45, 7) is 29.4. The van der Waals surface area contributed by atoms with Crippen LogP contribution in [0.4, 0.5) is 0 Å². The molecule has 0 aromatic carbocycles. The SMILES string of the molecule is CCC(C)(C)C(=O)OC(C)(C)C(=O)OC1C2CC3C(=O)OC1C3C2.CCC(C)(C)C(=O)OC(C)(C)CC(=O)OC1C2CC3C(=O)OC1C3C2.CCC(C)(C)C(=O)OC(C)C(=O)OC1C2CC3C(=O)OC1C3C2.CCC(C)(C)C(=O)OCC(=O)OC1C2CC3C(=O)OC1C3O2. The average molecular weight is 1330 g/mol. The van der Waals surface area contributed by atoms with E-state index in [1.807, 2.05) is 41.5 Å². The molecular weight excluding hydrogens is 1230 g/mol. The molecule has 6 saturated carbocycles. The van der Waals surface area contributed by atoms with Crippen molar-refractivity contribution in [3.8, 4) is 0 Å². The van der Waals surface area contributed by atoms with Crippen molar-refractivity contribution in [2.45, 2.75) is 273 Å². The third kappa shape index (κ3) is 14.2. The molecule has 21 unspecified atom stereocenters. The summed E-state index contributed by atoms with van der Waals surface area (Å²) in [5, 5.41) is 0. The average Bonchev–Trinajstić information content (AvgIpc) is 1.60. The lowest BCUT2D eigenvalue weighted by molar-refractivity contribution is -0.192. The normalized spacial score (nSPS) is 34.6. The highest BCUT2D eigenvalue weighted by molar-refractivity contribution is 5.86. The topological polar surface area (TPSA) is 325 Å². The van der Waals surface area contributed by atoms with Crippen molar-refractivity contribution in [1.82, 2.24) is 0 Å². The molecule has 21 atom stereocenters. The number of fused-ring (bicyclic) bond motifs is 4. The number of ether oxygens (including phenoxy) is 13. The first-order valence-electron chi connectivity index (χ1n) is 33.8. The van der Waals surface area contributed by atoms with Gasteiger partial charge in [-0.3, -0.25) is 43.2 Å². The molecule has 6 heterocycles. The Kier molecular flexibility index (Phi) is 20.3. The number of hydrogen-bond acceptors (Lipinski definition) is 25. The van der Waals surface area contributed by atoms with E-state index < -0.39 is 112 Å². The summed E-state index contributed by atoms with van der Waals surface area (Å²) in [6.07, 6.45) is 3.05. The maximum atomic E-state index is 12.6. The molecule has 0 aromatic rings. The van der Waals surface area contributed by atoms with E-state index >= 15 is 0 Å². The van der Waals surface area contributed by atoms with E-state index in [1.54, 1.807) is 55.4 Å². The Morgan fingerprint density at radius 3 is 1.29 bits per heavy atom. The van der Waals surface area contributed by atoms with Crippen LogP contribution < -0.4 is 0 Å². The molecule has 8 bridgehead atoms. The highest BCUT2D eigenvalue weighted by Crippen LogP contribution is 2.58. The second kappa shape index (κ2) is 26.5. The van der Waals surface area contributed by atoms with Gasteiger partial charge in [0, 0.05) is 35.5 Å². The molecule has 6 saturated heterocycles. The van der Waals surface area contributed by atoms with Crippen LogP contribution in [0.25, 0.3) is 0 Å². The lowest BCUT2D eigenvalue weighted by Crippen LogP contribution is -2.46. The Balaban J connectivity index is 0.000000148. The van der Waals surface area contributed by atoms with E-state index in [2.05, 4.69) is 0 Å². The summed E-state index contributed by atoms with van der Waals surface area (Å²) in [6, 6.07) is 0. The molecule has 6 aliphatic carbocycles. The summed E-state index contributed by atoms with van der Waals surface area (Å²) in [7, 11) is 0. The van der Waals surface area contributed by atoms with Crippen LogP contribution in [0, 0.1) is 80.8 Å². The lowest BCUT2D eigenvalue weighted by Gasteiger charge is -2.32. The molecule has 0 spiro atoms. The zero-order chi connectivity index (χ0) is 69.4. The number of esters is 12.